The van der Waals surface area contributed by atoms with Gasteiger partial charge in [-0.05, 0) is 29.2 Å². The van der Waals surface area contributed by atoms with Crippen LogP contribution in [0.25, 0.3) is 10.8 Å². The van der Waals surface area contributed by atoms with E-state index in [0.717, 1.165) is 0 Å². The number of unbranched alkanes of at least 4 members (excludes halogenated alkanes) is 14. The van der Waals surface area contributed by atoms with E-state index in [1.807, 2.05) is 0 Å². The molecule has 0 unspecified atom stereocenters. The highest BCUT2D eigenvalue weighted by Crippen LogP contribution is 2.18. The highest BCUT2D eigenvalue weighted by atomic mass is 14.0. The molecule has 0 atom stereocenters. The average molecular weight is 367 g/mol. The summed E-state index contributed by atoms with van der Waals surface area (Å²) >= 11 is 0. The van der Waals surface area contributed by atoms with E-state index in [1.165, 1.54) is 119 Å². The quantitative estimate of drug-likeness (QED) is 0.260. The average Bonchev–Trinajstić information content (AvgIpc) is 2.71. The lowest BCUT2D eigenvalue weighted by Crippen LogP contribution is -1.87. The molecule has 0 saturated heterocycles. The van der Waals surface area contributed by atoms with Crippen LogP contribution in [0.2, 0.25) is 0 Å². The molecule has 0 radical (unpaired) electrons. The second-order valence-corrected chi connectivity index (χ2v) is 8.38. The summed E-state index contributed by atoms with van der Waals surface area (Å²) in [6.45, 7) is 2.30. The van der Waals surface area contributed by atoms with Crippen molar-refractivity contribution in [3.8, 4) is 0 Å². The summed E-state index contributed by atoms with van der Waals surface area (Å²) in [7, 11) is 0. The standard InChI is InChI=1S/C27H42/c1-2-3-4-5-6-7-8-9-10-11-12-13-14-15-16-19-25-22-23-26-20-17-18-21-27(26)24-25/h17-18,20-24H,2-16,19H2,1H3. The van der Waals surface area contributed by atoms with Gasteiger partial charge < -0.3 is 0 Å². The van der Waals surface area contributed by atoms with Crippen molar-refractivity contribution in [1.82, 2.24) is 0 Å². The Morgan fingerprint density at radius 1 is 0.481 bits per heavy atom. The van der Waals surface area contributed by atoms with Crippen LogP contribution in [-0.2, 0) is 6.42 Å². The lowest BCUT2D eigenvalue weighted by Gasteiger charge is -2.05. The molecule has 0 aromatic heterocycles. The van der Waals surface area contributed by atoms with Gasteiger partial charge in [0.1, 0.15) is 0 Å². The highest BCUT2D eigenvalue weighted by molar-refractivity contribution is 5.82. The van der Waals surface area contributed by atoms with Gasteiger partial charge in [-0.15, -0.1) is 0 Å². The summed E-state index contributed by atoms with van der Waals surface area (Å²) in [6.07, 6.45) is 22.8. The first-order valence-corrected chi connectivity index (χ1v) is 11.9. The molecule has 0 spiro atoms. The van der Waals surface area contributed by atoms with Crippen molar-refractivity contribution in [1.29, 1.82) is 0 Å². The molecular weight excluding hydrogens is 324 g/mol. The minimum atomic E-state index is 1.24. The molecule has 0 nitrogen and oxygen atoms in total. The Bertz CT molecular complexity index is 598. The fourth-order valence-electron chi connectivity index (χ4n) is 4.09. The normalized spacial score (nSPS) is 11.3. The van der Waals surface area contributed by atoms with Gasteiger partial charge in [0.2, 0.25) is 0 Å². The predicted molar refractivity (Wildman–Crippen MR) is 123 cm³/mol. The molecule has 2 aromatic carbocycles. The maximum absolute atomic E-state index is 2.37. The molecule has 0 aliphatic rings. The van der Waals surface area contributed by atoms with Crippen molar-refractivity contribution in [2.45, 2.75) is 110 Å². The zero-order valence-corrected chi connectivity index (χ0v) is 17.9. The fraction of sp³-hybridized carbons (Fsp3) is 0.630. The molecule has 0 heteroatoms. The summed E-state index contributed by atoms with van der Waals surface area (Å²) in [6, 6.07) is 15.6. The maximum Gasteiger partial charge on any atom is -0.0181 e. The van der Waals surface area contributed by atoms with Gasteiger partial charge in [-0.2, -0.15) is 0 Å². The van der Waals surface area contributed by atoms with E-state index < -0.39 is 0 Å². The SMILES string of the molecule is CCCCCCCCCCCCCCCCCc1ccc2ccccc2c1. The first-order chi connectivity index (χ1) is 13.4. The zero-order valence-electron chi connectivity index (χ0n) is 17.9. The molecule has 0 bridgehead atoms. The van der Waals surface area contributed by atoms with Crippen LogP contribution >= 0.6 is 0 Å². The molecule has 0 N–H and O–H groups in total. The third-order valence-corrected chi connectivity index (χ3v) is 5.88. The van der Waals surface area contributed by atoms with Crippen molar-refractivity contribution in [2.75, 3.05) is 0 Å². The largest absolute Gasteiger partial charge is 0.0654 e. The van der Waals surface area contributed by atoms with E-state index >= 15 is 0 Å². The van der Waals surface area contributed by atoms with Gasteiger partial charge in [-0.1, -0.05) is 139 Å². The van der Waals surface area contributed by atoms with E-state index in [9.17, 15) is 0 Å². The number of hydrogen-bond acceptors (Lipinski definition) is 0. The van der Waals surface area contributed by atoms with Gasteiger partial charge in [0.05, 0.1) is 0 Å². The molecule has 0 aliphatic heterocycles. The molecule has 0 saturated carbocycles. The number of benzene rings is 2. The first kappa shape index (κ1) is 22.0. The summed E-state index contributed by atoms with van der Waals surface area (Å²) in [5, 5.41) is 2.74. The van der Waals surface area contributed by atoms with Crippen LogP contribution in [0.5, 0.6) is 0 Å². The number of rotatable bonds is 16. The lowest BCUT2D eigenvalue weighted by molar-refractivity contribution is 0.532. The molecule has 0 aliphatic carbocycles. The van der Waals surface area contributed by atoms with Crippen molar-refractivity contribution in [2.24, 2.45) is 0 Å². The summed E-state index contributed by atoms with van der Waals surface area (Å²) < 4.78 is 0. The minimum absolute atomic E-state index is 1.24. The smallest absolute Gasteiger partial charge is 0.0181 e. The van der Waals surface area contributed by atoms with E-state index in [4.69, 9.17) is 0 Å². The minimum Gasteiger partial charge on any atom is -0.0654 e. The molecule has 0 fully saturated rings. The second-order valence-electron chi connectivity index (χ2n) is 8.38. The van der Waals surface area contributed by atoms with Crippen LogP contribution in [0.4, 0.5) is 0 Å². The van der Waals surface area contributed by atoms with Crippen molar-refractivity contribution < 1.29 is 0 Å². The zero-order chi connectivity index (χ0) is 19.0. The van der Waals surface area contributed by atoms with Gasteiger partial charge >= 0.3 is 0 Å². The maximum atomic E-state index is 2.37. The predicted octanol–water partition coefficient (Wildman–Crippen LogP) is 9.25. The first-order valence-electron chi connectivity index (χ1n) is 11.9. The van der Waals surface area contributed by atoms with Crippen LogP contribution in [0.1, 0.15) is 109 Å². The molecule has 2 aromatic rings. The molecule has 0 amide bonds. The molecule has 0 heterocycles. The number of hydrogen-bond donors (Lipinski definition) is 0. The molecule has 27 heavy (non-hydrogen) atoms. The Morgan fingerprint density at radius 3 is 1.52 bits per heavy atom. The van der Waals surface area contributed by atoms with Gasteiger partial charge in [-0.3, -0.25) is 0 Å². The Labute approximate surface area is 168 Å². The topological polar surface area (TPSA) is 0 Å². The molecule has 2 rings (SSSR count). The van der Waals surface area contributed by atoms with Crippen LogP contribution in [-0.4, -0.2) is 0 Å². The van der Waals surface area contributed by atoms with Gasteiger partial charge in [0.25, 0.3) is 0 Å². The lowest BCUT2D eigenvalue weighted by atomic mass is 10.0. The Kier molecular flexibility index (Phi) is 12.0. The van der Waals surface area contributed by atoms with E-state index in [0.29, 0.717) is 0 Å². The summed E-state index contributed by atoms with van der Waals surface area (Å²) in [4.78, 5) is 0. The van der Waals surface area contributed by atoms with E-state index in [-0.39, 0.29) is 0 Å². The third-order valence-electron chi connectivity index (χ3n) is 5.88. The van der Waals surface area contributed by atoms with Crippen molar-refractivity contribution >= 4 is 10.8 Å². The molecule has 150 valence electrons. The number of fused-ring (bicyclic) bond motifs is 1. The van der Waals surface area contributed by atoms with Crippen LogP contribution in [0.3, 0.4) is 0 Å². The van der Waals surface area contributed by atoms with E-state index in [2.05, 4.69) is 49.4 Å². The fourth-order valence-corrected chi connectivity index (χ4v) is 4.09. The van der Waals surface area contributed by atoms with Crippen molar-refractivity contribution in [3.05, 3.63) is 48.0 Å². The Morgan fingerprint density at radius 2 is 0.963 bits per heavy atom. The van der Waals surface area contributed by atoms with Gasteiger partial charge in [0, 0.05) is 0 Å². The summed E-state index contributed by atoms with van der Waals surface area (Å²) in [5.74, 6) is 0. The summed E-state index contributed by atoms with van der Waals surface area (Å²) in [5.41, 5.74) is 1.50. The number of aryl methyl sites for hydroxylation is 1. The van der Waals surface area contributed by atoms with Crippen molar-refractivity contribution in [3.63, 3.8) is 0 Å². The van der Waals surface area contributed by atoms with Crippen LogP contribution in [0, 0.1) is 0 Å². The second kappa shape index (κ2) is 14.7. The van der Waals surface area contributed by atoms with Crippen LogP contribution in [0.15, 0.2) is 42.5 Å². The molecular formula is C27H42. The Balaban J connectivity index is 1.37. The van der Waals surface area contributed by atoms with Gasteiger partial charge in [-0.25, -0.2) is 0 Å². The third kappa shape index (κ3) is 9.99. The van der Waals surface area contributed by atoms with Gasteiger partial charge in [0.15, 0.2) is 0 Å². The van der Waals surface area contributed by atoms with Crippen LogP contribution < -0.4 is 0 Å². The monoisotopic (exact) mass is 366 g/mol. The Hall–Kier alpha value is -1.30. The van der Waals surface area contributed by atoms with E-state index in [1.54, 1.807) is 0 Å². The highest BCUT2D eigenvalue weighted by Gasteiger charge is 1.98.